The fourth-order valence-corrected chi connectivity index (χ4v) is 21.1. The lowest BCUT2D eigenvalue weighted by molar-refractivity contribution is 0.624. The first-order valence-corrected chi connectivity index (χ1v) is 40.4. The quantitative estimate of drug-likeness (QED) is 0.0890. The van der Waals surface area contributed by atoms with Crippen LogP contribution in [-0.4, -0.2) is 8.07 Å². The Balaban J connectivity index is 0.800. The number of hydrogen-bond donors (Lipinski definition) is 0. The second kappa shape index (κ2) is 26.6. The molecule has 19 rings (SSSR count). The normalized spacial score (nSPS) is 15.2. The van der Waals surface area contributed by atoms with Gasteiger partial charge in [0.15, 0.2) is 0 Å². The number of rotatable bonds is 16. The Labute approximate surface area is 637 Å². The van der Waals surface area contributed by atoms with Crippen molar-refractivity contribution in [2.75, 3.05) is 9.80 Å². The minimum Gasteiger partial charge on any atom is -0.310 e. The predicted molar refractivity (Wildman–Crippen MR) is 454 cm³/mol. The highest BCUT2D eigenvalue weighted by Crippen LogP contribution is 2.60. The first kappa shape index (κ1) is 66.4. The summed E-state index contributed by atoms with van der Waals surface area (Å²) in [5, 5.41) is 2.74. The van der Waals surface area contributed by atoms with Crippen LogP contribution in [0.2, 0.25) is 13.1 Å². The number of nitrogens with zero attached hydrogens (tertiary/aromatic N) is 2. The van der Waals surface area contributed by atoms with Crippen molar-refractivity contribution in [3.05, 3.63) is 457 Å². The Morgan fingerprint density at radius 2 is 0.541 bits per heavy atom. The molecule has 0 bridgehead atoms. The molecule has 2 unspecified atom stereocenters. The van der Waals surface area contributed by atoms with E-state index < -0.39 is 18.9 Å². The van der Waals surface area contributed by atoms with Crippen molar-refractivity contribution in [1.29, 1.82) is 0 Å². The maximum absolute atomic E-state index is 15.4. The summed E-state index contributed by atoms with van der Waals surface area (Å²) < 4.78 is 30.7. The Bertz CT molecular complexity index is 5850. The van der Waals surface area contributed by atoms with Crippen LogP contribution in [0.4, 0.5) is 42.9 Å². The van der Waals surface area contributed by atoms with Gasteiger partial charge in [0.1, 0.15) is 19.7 Å². The predicted octanol–water partition coefficient (Wildman–Crippen LogP) is 26.4. The van der Waals surface area contributed by atoms with Crippen LogP contribution in [0.5, 0.6) is 0 Å². The van der Waals surface area contributed by atoms with Crippen molar-refractivity contribution in [2.24, 2.45) is 0 Å². The van der Waals surface area contributed by atoms with Crippen LogP contribution in [-0.2, 0) is 10.8 Å². The van der Waals surface area contributed by atoms with Gasteiger partial charge in [-0.25, -0.2) is 8.78 Å². The van der Waals surface area contributed by atoms with Crippen molar-refractivity contribution in [2.45, 2.75) is 23.9 Å². The highest BCUT2D eigenvalue weighted by Gasteiger charge is 2.49. The Morgan fingerprint density at radius 3 is 0.908 bits per heavy atom. The lowest BCUT2D eigenvalue weighted by atomic mass is 9.67. The zero-order valence-electron chi connectivity index (χ0n) is 60.5. The third kappa shape index (κ3) is 10.9. The van der Waals surface area contributed by atoms with Gasteiger partial charge < -0.3 is 9.80 Å². The molecule has 3 aliphatic rings. The molecule has 16 aromatic rings. The summed E-state index contributed by atoms with van der Waals surface area (Å²) in [6, 6.07) is 134. The van der Waals surface area contributed by atoms with Gasteiger partial charge in [0.05, 0.1) is 10.8 Å². The molecule has 0 saturated carbocycles. The highest BCUT2D eigenvalue weighted by atomic mass is 28.3. The van der Waals surface area contributed by atoms with E-state index in [4.69, 9.17) is 0 Å². The topological polar surface area (TPSA) is 6.48 Å². The van der Waals surface area contributed by atoms with Gasteiger partial charge in [0.2, 0.25) is 0 Å². The fourth-order valence-electron chi connectivity index (χ4n) is 18.1. The zero-order valence-corrected chi connectivity index (χ0v) is 61.5. The summed E-state index contributed by atoms with van der Waals surface area (Å²) in [5.74, 6) is -0.568. The summed E-state index contributed by atoms with van der Waals surface area (Å²) in [4.78, 5) is 4.87. The number of anilines is 6. The average molecular weight is 1420 g/mol. The molecule has 2 atom stereocenters. The van der Waals surface area contributed by atoms with Crippen LogP contribution in [0.1, 0.15) is 55.6 Å². The number of hydrogen-bond acceptors (Lipinski definition) is 2. The number of benzene rings is 16. The van der Waals surface area contributed by atoms with Gasteiger partial charge in [-0.15, -0.1) is 0 Å². The van der Waals surface area contributed by atoms with Gasteiger partial charge in [0.25, 0.3) is 0 Å². The molecule has 0 amide bonds. The van der Waals surface area contributed by atoms with E-state index in [1.165, 1.54) is 32.6 Å². The molecular weight excluding hydrogens is 1340 g/mol. The summed E-state index contributed by atoms with van der Waals surface area (Å²) in [7, 11) is -2.38. The van der Waals surface area contributed by atoms with Crippen molar-refractivity contribution < 1.29 is 8.78 Å². The van der Waals surface area contributed by atoms with Crippen LogP contribution in [0, 0.1) is 11.6 Å². The van der Waals surface area contributed by atoms with Crippen molar-refractivity contribution in [3.63, 3.8) is 0 Å². The smallest absolute Gasteiger partial charge is 0.123 e. The Morgan fingerprint density at radius 1 is 0.248 bits per heavy atom. The second-order valence-corrected chi connectivity index (χ2v) is 33.8. The van der Waals surface area contributed by atoms with Gasteiger partial charge in [-0.1, -0.05) is 305 Å². The van der Waals surface area contributed by atoms with E-state index in [0.29, 0.717) is 0 Å². The van der Waals surface area contributed by atoms with Crippen molar-refractivity contribution in [3.8, 4) is 77.9 Å². The van der Waals surface area contributed by atoms with Gasteiger partial charge in [-0.05, 0) is 253 Å². The zero-order chi connectivity index (χ0) is 73.5. The van der Waals surface area contributed by atoms with E-state index in [1.807, 2.05) is 36.4 Å². The van der Waals surface area contributed by atoms with Crippen LogP contribution < -0.4 is 20.2 Å². The summed E-state index contributed by atoms with van der Waals surface area (Å²) in [5.41, 5.74) is 31.1. The number of fused-ring (bicyclic) bond motifs is 9. The second-order valence-electron chi connectivity index (χ2n) is 29.5. The standard InChI is InChI=1S/C104H74F2N2Si/c1-5-69-31-39-79(40-32-69)103(81-43-47-83(105)48-44-81)97-29-15-13-27-91(97)93-59-55-89(67-99(93)103)107(85-51-35-73(36-52-85)77-25-17-23-75(63-77)71-19-9-7-10-20-71)87-57-61-101-95(65-87)96-66-88(58-62-102(96)109(101,3)4)108(86-53-37-74(38-54-86)78-26-18-24-76(64-78)72-21-11-8-12-22-72)90-56-60-94-92-28-14-16-30-98(92)104(100(94)68-90,82-45-49-84(106)50-46-82)80-41-33-70(6-2)34-42-80/h5-68H,1-2H2,3-4H3. The molecule has 16 aromatic carbocycles. The fraction of sp³-hybridized carbons (Fsp3) is 0.0385. The third-order valence-electron chi connectivity index (χ3n) is 23.3. The van der Waals surface area contributed by atoms with Crippen molar-refractivity contribution >= 4 is 64.7 Å². The van der Waals surface area contributed by atoms with Crippen LogP contribution in [0.3, 0.4) is 0 Å². The molecule has 0 fully saturated rings. The van der Waals surface area contributed by atoms with E-state index >= 15 is 8.78 Å². The molecule has 0 aromatic heterocycles. The van der Waals surface area contributed by atoms with Crippen LogP contribution in [0.25, 0.3) is 90.0 Å². The largest absolute Gasteiger partial charge is 0.310 e. The van der Waals surface area contributed by atoms with E-state index in [-0.39, 0.29) is 11.6 Å². The van der Waals surface area contributed by atoms with E-state index in [0.717, 1.165) is 145 Å². The van der Waals surface area contributed by atoms with E-state index in [2.05, 4.69) is 364 Å². The molecule has 0 N–H and O–H groups in total. The monoisotopic (exact) mass is 1420 g/mol. The van der Waals surface area contributed by atoms with Crippen LogP contribution >= 0.6 is 0 Å². The first-order valence-electron chi connectivity index (χ1n) is 37.4. The molecule has 518 valence electrons. The summed E-state index contributed by atoms with van der Waals surface area (Å²) >= 11 is 0. The third-order valence-corrected chi connectivity index (χ3v) is 26.9. The van der Waals surface area contributed by atoms with Crippen LogP contribution in [0.15, 0.2) is 389 Å². The molecule has 0 spiro atoms. The SMILES string of the molecule is C=Cc1ccc(C2(c3ccc(F)cc3)c3ccccc3-c3ccc(N(c4ccc(-c5cccc(-c6ccccc6)c5)cc4)c4ccc5c(c4)-c4cc(N(c6ccc(-c7cccc(-c8ccccc8)c7)cc6)c6ccc7c(c6)C(c6ccc(F)cc6)(c6ccc(C=C)cc6)c6ccccc6-7)ccc4[Si]5(C)C)cc32)cc1. The minimum absolute atomic E-state index is 0.284. The lowest BCUT2D eigenvalue weighted by Gasteiger charge is -2.35. The van der Waals surface area contributed by atoms with Gasteiger partial charge in [-0.3, -0.25) is 0 Å². The molecule has 109 heavy (non-hydrogen) atoms. The Hall–Kier alpha value is -13.3. The van der Waals surface area contributed by atoms with E-state index in [1.54, 1.807) is 24.3 Å². The Kier molecular flexibility index (Phi) is 16.2. The molecular formula is C104H74F2N2Si. The average Bonchev–Trinajstić information content (AvgIpc) is 1.55. The molecule has 2 nitrogen and oxygen atoms in total. The summed E-state index contributed by atoms with van der Waals surface area (Å²) in [6.07, 6.45) is 3.76. The molecule has 0 saturated heterocycles. The summed E-state index contributed by atoms with van der Waals surface area (Å²) in [6.45, 7) is 13.2. The maximum Gasteiger partial charge on any atom is 0.123 e. The van der Waals surface area contributed by atoms with E-state index in [9.17, 15) is 0 Å². The van der Waals surface area contributed by atoms with Crippen molar-refractivity contribution in [1.82, 2.24) is 0 Å². The maximum atomic E-state index is 15.4. The first-order chi connectivity index (χ1) is 53.5. The number of halogens is 2. The lowest BCUT2D eigenvalue weighted by Crippen LogP contribution is -2.49. The highest BCUT2D eigenvalue weighted by molar-refractivity contribution is 7.03. The van der Waals surface area contributed by atoms with Gasteiger partial charge in [0, 0.05) is 34.1 Å². The molecule has 2 aliphatic carbocycles. The molecule has 5 heteroatoms. The molecule has 0 radical (unpaired) electrons. The van der Waals surface area contributed by atoms with Gasteiger partial charge in [-0.2, -0.15) is 0 Å². The molecule has 1 heterocycles. The minimum atomic E-state index is -2.38. The van der Waals surface area contributed by atoms with Gasteiger partial charge >= 0.3 is 0 Å². The molecule has 1 aliphatic heterocycles.